The van der Waals surface area contributed by atoms with Crippen molar-refractivity contribution in [3.63, 3.8) is 0 Å². The molecule has 0 saturated carbocycles. The highest BCUT2D eigenvalue weighted by Gasteiger charge is 2.18. The van der Waals surface area contributed by atoms with Gasteiger partial charge in [-0.3, -0.25) is 4.98 Å². The molecule has 0 amide bonds. The first-order chi connectivity index (χ1) is 13.8. The van der Waals surface area contributed by atoms with E-state index in [4.69, 9.17) is 15.6 Å². The minimum Gasteiger partial charge on any atom is -0.391 e. The second-order valence-electron chi connectivity index (χ2n) is 6.43. The van der Waals surface area contributed by atoms with Crippen molar-refractivity contribution in [3.8, 4) is 11.4 Å². The monoisotopic (exact) mass is 413 g/mol. The molecule has 1 aliphatic heterocycles. The van der Waals surface area contributed by atoms with Gasteiger partial charge in [0.2, 0.25) is 12.4 Å². The van der Waals surface area contributed by atoms with E-state index >= 15 is 0 Å². The van der Waals surface area contributed by atoms with Crippen molar-refractivity contribution in [2.45, 2.75) is 31.8 Å². The Morgan fingerprint density at radius 3 is 2.59 bits per heavy atom. The highest BCUT2D eigenvalue weighted by atomic mass is 19.3. The summed E-state index contributed by atoms with van der Waals surface area (Å²) in [4.78, 5) is 7.45. The van der Waals surface area contributed by atoms with Crippen LogP contribution in [0.5, 0.6) is 0 Å². The number of aromatic nitrogens is 4. The summed E-state index contributed by atoms with van der Waals surface area (Å²) in [6.45, 7) is 1.37. The summed E-state index contributed by atoms with van der Waals surface area (Å²) in [6, 6.07) is 1.97. The van der Waals surface area contributed by atoms with Gasteiger partial charge in [0.1, 0.15) is 11.2 Å². The molecule has 1 unspecified atom stereocenters. The molecule has 0 aliphatic carbocycles. The van der Waals surface area contributed by atoms with Gasteiger partial charge in [0.25, 0.3) is 0 Å². The Labute approximate surface area is 163 Å². The molecule has 3 aromatic heterocycles. The molecule has 0 bridgehead atoms. The molecule has 29 heavy (non-hydrogen) atoms. The fourth-order valence-electron chi connectivity index (χ4n) is 2.81. The zero-order chi connectivity index (χ0) is 21.0. The van der Waals surface area contributed by atoms with Crippen LogP contribution in [0.2, 0.25) is 0 Å². The Hall–Kier alpha value is -2.79. The van der Waals surface area contributed by atoms with Crippen LogP contribution in [0.15, 0.2) is 24.5 Å². The zero-order valence-electron chi connectivity index (χ0n) is 15.2. The molecule has 1 atom stereocenters. The summed E-state index contributed by atoms with van der Waals surface area (Å²) < 4.78 is 58.5. The number of hydrogen-bond donors (Lipinski definition) is 2. The second-order valence-corrected chi connectivity index (χ2v) is 6.43. The fraction of sp³-hybridized carbons (Fsp3) is 0.389. The number of aliphatic hydroxyl groups excluding tert-OH is 1. The van der Waals surface area contributed by atoms with Gasteiger partial charge in [0, 0.05) is 25.3 Å². The molecule has 1 aliphatic rings. The third kappa shape index (κ3) is 5.18. The van der Waals surface area contributed by atoms with Gasteiger partial charge in [-0.2, -0.15) is 0 Å². The van der Waals surface area contributed by atoms with Crippen LogP contribution in [0, 0.1) is 11.6 Å². The smallest absolute Gasteiger partial charge is 0.242 e. The molecule has 1 fully saturated rings. The first-order valence-electron chi connectivity index (χ1n) is 8.83. The Bertz CT molecular complexity index is 976. The highest BCUT2D eigenvalue weighted by Crippen LogP contribution is 2.26. The quantitative estimate of drug-likeness (QED) is 0.641. The lowest BCUT2D eigenvalue weighted by atomic mass is 10.1. The highest BCUT2D eigenvalue weighted by molar-refractivity contribution is 5.64. The lowest BCUT2D eigenvalue weighted by Crippen LogP contribution is -2.21. The molecule has 156 valence electrons. The van der Waals surface area contributed by atoms with E-state index in [9.17, 15) is 17.6 Å². The van der Waals surface area contributed by atoms with Crippen LogP contribution in [0.1, 0.15) is 18.4 Å². The maximum Gasteiger partial charge on any atom is 0.242 e. The third-order valence-electron chi connectivity index (χ3n) is 4.15. The average Bonchev–Trinajstić information content (AvgIpc) is 2.98. The van der Waals surface area contributed by atoms with Crippen molar-refractivity contribution in [3.05, 3.63) is 41.7 Å². The first kappa shape index (κ1) is 20.9. The van der Waals surface area contributed by atoms with Gasteiger partial charge >= 0.3 is 0 Å². The van der Waals surface area contributed by atoms with Gasteiger partial charge in [0.05, 0.1) is 24.6 Å². The van der Waals surface area contributed by atoms with Crippen molar-refractivity contribution in [2.24, 2.45) is 0 Å². The topological polar surface area (TPSA) is 98.6 Å². The summed E-state index contributed by atoms with van der Waals surface area (Å²) in [7, 11) is 0. The lowest BCUT2D eigenvalue weighted by molar-refractivity contribution is -0.00535. The number of nitrogens with zero attached hydrogens (tertiary/aromatic N) is 4. The van der Waals surface area contributed by atoms with Crippen LogP contribution >= 0.6 is 0 Å². The zero-order valence-corrected chi connectivity index (χ0v) is 15.2. The van der Waals surface area contributed by atoms with E-state index < -0.39 is 24.5 Å². The Morgan fingerprint density at radius 2 is 2.00 bits per heavy atom. The second kappa shape index (κ2) is 9.14. The number of nitrogen functional groups attached to an aromatic ring is 1. The maximum absolute atomic E-state index is 14.1. The predicted molar refractivity (Wildman–Crippen MR) is 96.3 cm³/mol. The Morgan fingerprint density at radius 1 is 1.21 bits per heavy atom. The molecule has 7 nitrogen and oxygen atoms in total. The van der Waals surface area contributed by atoms with E-state index in [0.717, 1.165) is 48.5 Å². The van der Waals surface area contributed by atoms with Crippen molar-refractivity contribution < 1.29 is 27.4 Å². The van der Waals surface area contributed by atoms with E-state index in [0.29, 0.717) is 6.61 Å². The number of fused-ring (bicyclic) bond motifs is 1. The van der Waals surface area contributed by atoms with Crippen molar-refractivity contribution in [2.75, 3.05) is 18.9 Å². The number of alkyl halides is 2. The number of aliphatic hydroxyl groups is 1. The van der Waals surface area contributed by atoms with Crippen molar-refractivity contribution >= 4 is 11.5 Å². The maximum atomic E-state index is 14.1. The van der Waals surface area contributed by atoms with Crippen LogP contribution in [0.4, 0.5) is 23.5 Å². The number of ether oxygens (including phenoxy) is 1. The first-order valence-corrected chi connectivity index (χ1v) is 8.83. The molecule has 3 N–H and O–H groups in total. The minimum absolute atomic E-state index is 0.00190. The molecule has 0 radical (unpaired) electrons. The van der Waals surface area contributed by atoms with Crippen molar-refractivity contribution in [1.82, 2.24) is 19.6 Å². The number of pyridine rings is 1. The van der Waals surface area contributed by atoms with Crippen LogP contribution in [-0.2, 0) is 11.2 Å². The molecular formula is C18H19F4N5O2. The van der Waals surface area contributed by atoms with Crippen LogP contribution < -0.4 is 5.73 Å². The lowest BCUT2D eigenvalue weighted by Gasteiger charge is -2.15. The number of rotatable bonds is 3. The molecule has 4 rings (SSSR count). The molecule has 11 heteroatoms. The van der Waals surface area contributed by atoms with Crippen LogP contribution in [-0.4, -0.2) is 50.4 Å². The Kier molecular flexibility index (Phi) is 6.60. The third-order valence-corrected chi connectivity index (χ3v) is 4.15. The predicted octanol–water partition coefficient (Wildman–Crippen LogP) is 2.62. The van der Waals surface area contributed by atoms with E-state index in [1.807, 2.05) is 0 Å². The summed E-state index contributed by atoms with van der Waals surface area (Å²) >= 11 is 0. The SMILES string of the molecule is Nc1ncc2c(F)cc(-c3ncc(CC(F)F)cc3F)n2n1.OC1CCCOC1. The van der Waals surface area contributed by atoms with Gasteiger partial charge in [-0.1, -0.05) is 0 Å². The number of hydrogen-bond acceptors (Lipinski definition) is 6. The summed E-state index contributed by atoms with van der Waals surface area (Å²) in [5.74, 6) is -1.65. The molecule has 0 spiro atoms. The number of anilines is 1. The normalized spacial score (nSPS) is 16.7. The molecule has 0 aromatic carbocycles. The summed E-state index contributed by atoms with van der Waals surface area (Å²) in [6.07, 6.45) is 0.806. The van der Waals surface area contributed by atoms with Crippen molar-refractivity contribution in [1.29, 1.82) is 0 Å². The number of nitrogens with two attached hydrogens (primary N) is 1. The van der Waals surface area contributed by atoms with Gasteiger partial charge < -0.3 is 15.6 Å². The van der Waals surface area contributed by atoms with E-state index in [1.54, 1.807) is 0 Å². The molecule has 1 saturated heterocycles. The van der Waals surface area contributed by atoms with E-state index in [2.05, 4.69) is 15.1 Å². The number of halogens is 4. The van der Waals surface area contributed by atoms with E-state index in [-0.39, 0.29) is 34.5 Å². The summed E-state index contributed by atoms with van der Waals surface area (Å²) in [5, 5.41) is 12.6. The average molecular weight is 413 g/mol. The van der Waals surface area contributed by atoms with Crippen LogP contribution in [0.25, 0.3) is 16.9 Å². The van der Waals surface area contributed by atoms with E-state index in [1.165, 1.54) is 0 Å². The molecular weight excluding hydrogens is 394 g/mol. The van der Waals surface area contributed by atoms with Crippen LogP contribution in [0.3, 0.4) is 0 Å². The van der Waals surface area contributed by atoms with Gasteiger partial charge in [-0.15, -0.1) is 5.10 Å². The molecule has 4 heterocycles. The Balaban J connectivity index is 0.000000290. The minimum atomic E-state index is -2.61. The van der Waals surface area contributed by atoms with Gasteiger partial charge in [0.15, 0.2) is 11.6 Å². The summed E-state index contributed by atoms with van der Waals surface area (Å²) in [5.41, 5.74) is 5.29. The fourth-order valence-corrected chi connectivity index (χ4v) is 2.81. The van der Waals surface area contributed by atoms with Gasteiger partial charge in [-0.05, 0) is 24.5 Å². The standard InChI is InChI=1S/C13H9F4N5.C5H10O2/c14-7-3-9(22-10(7)5-20-13(18)21-22)12-8(15)1-6(4-19-12)2-11(16)17;6-5-2-1-3-7-4-5/h1,3-5,11H,2H2,(H2,18,21);5-6H,1-4H2. The molecule has 3 aromatic rings. The largest absolute Gasteiger partial charge is 0.391 e. The van der Waals surface area contributed by atoms with Gasteiger partial charge in [-0.25, -0.2) is 27.1 Å².